The van der Waals surface area contributed by atoms with Crippen LogP contribution in [0.2, 0.25) is 0 Å². The maximum Gasteiger partial charge on any atom is 0.243 e. The van der Waals surface area contributed by atoms with Gasteiger partial charge in [-0.15, -0.1) is 0 Å². The fraction of sp³-hybridized carbons (Fsp3) is 0.846. The maximum absolute atomic E-state index is 5.42. The molecule has 1 aliphatic heterocycles. The lowest BCUT2D eigenvalue weighted by atomic mass is 10.00. The minimum Gasteiger partial charge on any atom is -0.338 e. The summed E-state index contributed by atoms with van der Waals surface area (Å²) in [5.41, 5.74) is 0. The lowest BCUT2D eigenvalue weighted by Crippen LogP contribution is -2.13. The van der Waals surface area contributed by atoms with Gasteiger partial charge in [0.05, 0.1) is 6.04 Å². The van der Waals surface area contributed by atoms with Gasteiger partial charge >= 0.3 is 0 Å². The average Bonchev–Trinajstić information content (AvgIpc) is 2.95. The monoisotopic (exact) mass is 235 g/mol. The Kier molecular flexibility index (Phi) is 3.41. The van der Waals surface area contributed by atoms with E-state index in [-0.39, 0.29) is 0 Å². The summed E-state index contributed by atoms with van der Waals surface area (Å²) in [5, 5.41) is 7.61. The number of rotatable bonds is 2. The average molecular weight is 235 g/mol. The molecule has 1 saturated heterocycles. The van der Waals surface area contributed by atoms with Gasteiger partial charge in [0.25, 0.3) is 0 Å². The smallest absolute Gasteiger partial charge is 0.243 e. The predicted octanol–water partition coefficient (Wildman–Crippen LogP) is 2.93. The molecular formula is C13H21N3O. The van der Waals surface area contributed by atoms with Crippen LogP contribution in [0.15, 0.2) is 4.52 Å². The highest BCUT2D eigenvalue weighted by molar-refractivity contribution is 5.00. The lowest BCUT2D eigenvalue weighted by molar-refractivity contribution is 0.337. The number of hydrogen-bond acceptors (Lipinski definition) is 4. The second-order valence-electron chi connectivity index (χ2n) is 5.33. The summed E-state index contributed by atoms with van der Waals surface area (Å²) in [6.45, 7) is 1.08. The quantitative estimate of drug-likeness (QED) is 0.801. The first-order valence-electron chi connectivity index (χ1n) is 7.00. The van der Waals surface area contributed by atoms with Gasteiger partial charge in [0.2, 0.25) is 5.89 Å². The second-order valence-corrected chi connectivity index (χ2v) is 5.33. The number of nitrogens with zero attached hydrogens (tertiary/aromatic N) is 2. The molecule has 0 spiro atoms. The van der Waals surface area contributed by atoms with E-state index in [9.17, 15) is 0 Å². The SMILES string of the molecule is C1CCCC(c2noc(C3CCCN3)n2)CC1. The Hall–Kier alpha value is -0.900. The first-order chi connectivity index (χ1) is 8.43. The van der Waals surface area contributed by atoms with E-state index < -0.39 is 0 Å². The molecule has 94 valence electrons. The molecule has 2 fully saturated rings. The summed E-state index contributed by atoms with van der Waals surface area (Å²) in [5.74, 6) is 2.30. The van der Waals surface area contributed by atoms with E-state index in [1.165, 1.54) is 44.9 Å². The molecule has 2 aliphatic rings. The first-order valence-corrected chi connectivity index (χ1v) is 7.00. The van der Waals surface area contributed by atoms with E-state index in [2.05, 4.69) is 15.5 Å². The molecule has 1 aromatic rings. The molecule has 3 rings (SSSR count). The van der Waals surface area contributed by atoms with E-state index in [0.29, 0.717) is 12.0 Å². The highest BCUT2D eigenvalue weighted by atomic mass is 16.5. The Bertz CT molecular complexity index is 349. The van der Waals surface area contributed by atoms with Crippen LogP contribution >= 0.6 is 0 Å². The summed E-state index contributed by atoms with van der Waals surface area (Å²) in [6.07, 6.45) is 10.2. The highest BCUT2D eigenvalue weighted by Gasteiger charge is 2.25. The van der Waals surface area contributed by atoms with Crippen LogP contribution < -0.4 is 5.32 Å². The molecule has 4 heteroatoms. The normalized spacial score (nSPS) is 27.2. The van der Waals surface area contributed by atoms with Crippen LogP contribution in [0.5, 0.6) is 0 Å². The molecule has 1 saturated carbocycles. The van der Waals surface area contributed by atoms with Crippen molar-refractivity contribution in [2.45, 2.75) is 63.3 Å². The van der Waals surface area contributed by atoms with Crippen molar-refractivity contribution in [3.63, 3.8) is 0 Å². The van der Waals surface area contributed by atoms with E-state index in [4.69, 9.17) is 4.52 Å². The molecule has 1 unspecified atom stereocenters. The Labute approximate surface area is 102 Å². The van der Waals surface area contributed by atoms with Crippen molar-refractivity contribution < 1.29 is 4.52 Å². The molecule has 1 N–H and O–H groups in total. The van der Waals surface area contributed by atoms with Gasteiger partial charge in [-0.25, -0.2) is 0 Å². The Balaban J connectivity index is 1.70. The molecule has 1 atom stereocenters. The molecule has 1 aromatic heterocycles. The number of hydrogen-bond donors (Lipinski definition) is 1. The number of aromatic nitrogens is 2. The molecule has 2 heterocycles. The molecule has 0 bridgehead atoms. The zero-order valence-corrected chi connectivity index (χ0v) is 10.3. The van der Waals surface area contributed by atoms with Crippen LogP contribution in [0.4, 0.5) is 0 Å². The van der Waals surface area contributed by atoms with E-state index in [1.54, 1.807) is 0 Å². The van der Waals surface area contributed by atoms with Crippen LogP contribution in [0.3, 0.4) is 0 Å². The summed E-state index contributed by atoms with van der Waals surface area (Å²) >= 11 is 0. The van der Waals surface area contributed by atoms with Gasteiger partial charge in [-0.3, -0.25) is 0 Å². The van der Waals surface area contributed by atoms with Crippen molar-refractivity contribution in [3.8, 4) is 0 Å². The largest absolute Gasteiger partial charge is 0.338 e. The molecule has 4 nitrogen and oxygen atoms in total. The van der Waals surface area contributed by atoms with Crippen molar-refractivity contribution in [2.75, 3.05) is 6.54 Å². The third kappa shape index (κ3) is 2.51. The van der Waals surface area contributed by atoms with Gasteiger partial charge in [-0.1, -0.05) is 30.8 Å². The highest BCUT2D eigenvalue weighted by Crippen LogP contribution is 2.31. The van der Waals surface area contributed by atoms with Crippen molar-refractivity contribution in [3.05, 3.63) is 11.7 Å². The van der Waals surface area contributed by atoms with Gasteiger partial charge in [-0.05, 0) is 32.2 Å². The van der Waals surface area contributed by atoms with Crippen molar-refractivity contribution in [1.29, 1.82) is 0 Å². The fourth-order valence-electron chi connectivity index (χ4n) is 2.99. The number of nitrogens with one attached hydrogen (secondary N) is 1. The van der Waals surface area contributed by atoms with E-state index in [1.807, 2.05) is 0 Å². The van der Waals surface area contributed by atoms with Gasteiger partial charge < -0.3 is 9.84 Å². The minimum absolute atomic E-state index is 0.307. The van der Waals surface area contributed by atoms with E-state index >= 15 is 0 Å². The molecule has 0 amide bonds. The summed E-state index contributed by atoms with van der Waals surface area (Å²) in [7, 11) is 0. The lowest BCUT2D eigenvalue weighted by Gasteiger charge is -2.07. The molecule has 17 heavy (non-hydrogen) atoms. The van der Waals surface area contributed by atoms with Gasteiger partial charge in [-0.2, -0.15) is 4.98 Å². The summed E-state index contributed by atoms with van der Waals surface area (Å²) in [6, 6.07) is 0.307. The first kappa shape index (κ1) is 11.2. The molecule has 1 aliphatic carbocycles. The van der Waals surface area contributed by atoms with Crippen LogP contribution in [-0.4, -0.2) is 16.7 Å². The van der Waals surface area contributed by atoms with Crippen molar-refractivity contribution in [1.82, 2.24) is 15.5 Å². The van der Waals surface area contributed by atoms with Gasteiger partial charge in [0, 0.05) is 5.92 Å². The van der Waals surface area contributed by atoms with E-state index in [0.717, 1.165) is 24.7 Å². The molecule has 0 aromatic carbocycles. The maximum atomic E-state index is 5.42. The topological polar surface area (TPSA) is 51.0 Å². The molecular weight excluding hydrogens is 214 g/mol. The zero-order chi connectivity index (χ0) is 11.5. The van der Waals surface area contributed by atoms with Crippen LogP contribution in [0.25, 0.3) is 0 Å². The third-order valence-corrected chi connectivity index (χ3v) is 4.04. The Morgan fingerprint density at radius 3 is 2.53 bits per heavy atom. The second kappa shape index (κ2) is 5.17. The zero-order valence-electron chi connectivity index (χ0n) is 10.3. The van der Waals surface area contributed by atoms with Gasteiger partial charge in [0.15, 0.2) is 5.82 Å². The Morgan fingerprint density at radius 1 is 1.00 bits per heavy atom. The minimum atomic E-state index is 0.307. The van der Waals surface area contributed by atoms with Crippen molar-refractivity contribution in [2.24, 2.45) is 0 Å². The standard InChI is InChI=1S/C13H21N3O/c1-2-4-7-10(6-3-1)12-15-13(17-16-12)11-8-5-9-14-11/h10-11,14H,1-9H2. The summed E-state index contributed by atoms with van der Waals surface area (Å²) < 4.78 is 5.42. The predicted molar refractivity (Wildman–Crippen MR) is 64.7 cm³/mol. The van der Waals surface area contributed by atoms with Crippen molar-refractivity contribution >= 4 is 0 Å². The fourth-order valence-corrected chi connectivity index (χ4v) is 2.99. The van der Waals surface area contributed by atoms with Crippen LogP contribution in [0, 0.1) is 0 Å². The molecule has 0 radical (unpaired) electrons. The third-order valence-electron chi connectivity index (χ3n) is 4.04. The van der Waals surface area contributed by atoms with Crippen LogP contribution in [-0.2, 0) is 0 Å². The Morgan fingerprint density at radius 2 is 1.82 bits per heavy atom. The van der Waals surface area contributed by atoms with Crippen LogP contribution in [0.1, 0.15) is 75.0 Å². The van der Waals surface area contributed by atoms with Gasteiger partial charge in [0.1, 0.15) is 0 Å². The summed E-state index contributed by atoms with van der Waals surface area (Å²) in [4.78, 5) is 4.62.